The molecule has 3 atom stereocenters. The van der Waals surface area contributed by atoms with Crippen molar-refractivity contribution >= 4 is 29.3 Å². The van der Waals surface area contributed by atoms with E-state index in [9.17, 15) is 4.79 Å². The lowest BCUT2D eigenvalue weighted by molar-refractivity contribution is 0.0924. The van der Waals surface area contributed by atoms with Crippen LogP contribution < -0.4 is 5.32 Å². The molecule has 0 saturated carbocycles. The number of nitrogens with zero attached hydrogens (tertiary/aromatic N) is 1. The first kappa shape index (κ1) is 15.1. The van der Waals surface area contributed by atoms with Gasteiger partial charge in [0.1, 0.15) is 0 Å². The van der Waals surface area contributed by atoms with Crippen molar-refractivity contribution in [1.29, 1.82) is 0 Å². The zero-order valence-corrected chi connectivity index (χ0v) is 14.1. The number of piperidine rings is 1. The van der Waals surface area contributed by atoms with E-state index in [2.05, 4.69) is 10.2 Å². The van der Waals surface area contributed by atoms with Gasteiger partial charge in [0.15, 0.2) is 10.3 Å². The standard InChI is InChI=1S/C17H17ClN2O2S/c18-15-5-6-16(22-15)23-13-3-1-11(2-4-13)17(21)19-14-10-20-8-7-12(14)9-20/h1-6,12,14H,7-10H2,(H,19,21). The Morgan fingerprint density at radius 2 is 2.04 bits per heavy atom. The van der Waals surface area contributed by atoms with E-state index in [0.717, 1.165) is 23.1 Å². The number of hydrogen-bond acceptors (Lipinski definition) is 4. The minimum Gasteiger partial charge on any atom is -0.438 e. The van der Waals surface area contributed by atoms with Crippen LogP contribution in [-0.4, -0.2) is 36.5 Å². The maximum Gasteiger partial charge on any atom is 0.251 e. The number of furan rings is 1. The second-order valence-corrected chi connectivity index (χ2v) is 7.52. The van der Waals surface area contributed by atoms with Crippen molar-refractivity contribution in [1.82, 2.24) is 10.2 Å². The smallest absolute Gasteiger partial charge is 0.251 e. The van der Waals surface area contributed by atoms with Crippen molar-refractivity contribution in [2.45, 2.75) is 22.5 Å². The van der Waals surface area contributed by atoms with Gasteiger partial charge in [-0.05, 0) is 66.9 Å². The number of fused-ring (bicyclic) bond motifs is 2. The van der Waals surface area contributed by atoms with Crippen LogP contribution in [0.15, 0.2) is 50.8 Å². The van der Waals surface area contributed by atoms with Crippen LogP contribution in [0.4, 0.5) is 0 Å². The average Bonchev–Trinajstić information content (AvgIpc) is 3.25. The molecular weight excluding hydrogens is 332 g/mol. The van der Waals surface area contributed by atoms with Crippen molar-refractivity contribution in [2.75, 3.05) is 19.6 Å². The molecular formula is C17H17ClN2O2S. The van der Waals surface area contributed by atoms with E-state index in [1.165, 1.54) is 24.7 Å². The number of halogens is 1. The van der Waals surface area contributed by atoms with Crippen molar-refractivity contribution in [3.05, 3.63) is 47.2 Å². The van der Waals surface area contributed by atoms with E-state index in [1.807, 2.05) is 30.3 Å². The highest BCUT2D eigenvalue weighted by Gasteiger charge is 2.38. The van der Waals surface area contributed by atoms with Crippen molar-refractivity contribution in [2.24, 2.45) is 5.92 Å². The second-order valence-electron chi connectivity index (χ2n) is 6.07. The van der Waals surface area contributed by atoms with E-state index in [-0.39, 0.29) is 5.91 Å². The fraction of sp³-hybridized carbons (Fsp3) is 0.353. The molecule has 1 aromatic heterocycles. The Hall–Kier alpha value is -1.43. The number of amides is 1. The largest absolute Gasteiger partial charge is 0.438 e. The highest BCUT2D eigenvalue weighted by Crippen LogP contribution is 2.31. The van der Waals surface area contributed by atoms with Crippen LogP contribution >= 0.6 is 23.4 Å². The first-order valence-electron chi connectivity index (χ1n) is 7.74. The average molecular weight is 349 g/mol. The highest BCUT2D eigenvalue weighted by molar-refractivity contribution is 7.99. The molecule has 2 aromatic rings. The van der Waals surface area contributed by atoms with Gasteiger partial charge in [-0.25, -0.2) is 0 Å². The van der Waals surface area contributed by atoms with E-state index >= 15 is 0 Å². The van der Waals surface area contributed by atoms with Gasteiger partial charge in [0.25, 0.3) is 5.91 Å². The SMILES string of the molecule is O=C(NC1CN2CCC1C2)c1ccc(Sc2ccc(Cl)o2)cc1. The molecule has 0 radical (unpaired) electrons. The molecule has 6 heteroatoms. The molecule has 120 valence electrons. The molecule has 4 rings (SSSR count). The van der Waals surface area contributed by atoms with Gasteiger partial charge in [0, 0.05) is 29.6 Å². The van der Waals surface area contributed by atoms with Crippen molar-refractivity contribution < 1.29 is 9.21 Å². The summed E-state index contributed by atoms with van der Waals surface area (Å²) in [7, 11) is 0. The third-order valence-corrected chi connectivity index (χ3v) is 5.66. The van der Waals surface area contributed by atoms with E-state index < -0.39 is 0 Å². The summed E-state index contributed by atoms with van der Waals surface area (Å²) >= 11 is 7.25. The molecule has 1 aromatic carbocycles. The predicted octanol–water partition coefficient (Wildman–Crippen LogP) is 3.52. The van der Waals surface area contributed by atoms with Crippen molar-refractivity contribution in [3.63, 3.8) is 0 Å². The third-order valence-electron chi connectivity index (χ3n) is 4.53. The number of carbonyl (C=O) groups is 1. The summed E-state index contributed by atoms with van der Waals surface area (Å²) in [5.74, 6) is 0.638. The van der Waals surface area contributed by atoms with Crippen LogP contribution in [0.25, 0.3) is 0 Å². The number of carbonyl (C=O) groups excluding carboxylic acids is 1. The molecule has 0 spiro atoms. The molecule has 23 heavy (non-hydrogen) atoms. The lowest BCUT2D eigenvalue weighted by atomic mass is 9.99. The predicted molar refractivity (Wildman–Crippen MR) is 90.1 cm³/mol. The maximum atomic E-state index is 12.4. The van der Waals surface area contributed by atoms with E-state index in [1.54, 1.807) is 6.07 Å². The molecule has 3 unspecified atom stereocenters. The van der Waals surface area contributed by atoms with Gasteiger partial charge in [-0.15, -0.1) is 0 Å². The molecule has 1 N–H and O–H groups in total. The Bertz CT molecular complexity index is 716. The molecule has 2 bridgehead atoms. The highest BCUT2D eigenvalue weighted by atomic mass is 35.5. The molecule has 2 saturated heterocycles. The van der Waals surface area contributed by atoms with Crippen LogP contribution in [0.2, 0.25) is 5.22 Å². The third kappa shape index (κ3) is 3.27. The van der Waals surface area contributed by atoms with Gasteiger partial charge in [-0.2, -0.15) is 0 Å². The Balaban J connectivity index is 1.38. The first-order chi connectivity index (χ1) is 11.2. The summed E-state index contributed by atoms with van der Waals surface area (Å²) < 4.78 is 5.33. The monoisotopic (exact) mass is 348 g/mol. The summed E-state index contributed by atoms with van der Waals surface area (Å²) in [6, 6.07) is 11.4. The topological polar surface area (TPSA) is 45.5 Å². The van der Waals surface area contributed by atoms with E-state index in [0.29, 0.717) is 22.7 Å². The van der Waals surface area contributed by atoms with Gasteiger partial charge in [-0.1, -0.05) is 11.8 Å². The fourth-order valence-electron chi connectivity index (χ4n) is 3.34. The fourth-order valence-corrected chi connectivity index (χ4v) is 4.31. The normalized spacial score (nSPS) is 25.7. The number of hydrogen-bond donors (Lipinski definition) is 1. The Morgan fingerprint density at radius 3 is 2.65 bits per heavy atom. The summed E-state index contributed by atoms with van der Waals surface area (Å²) in [4.78, 5) is 15.8. The van der Waals surface area contributed by atoms with E-state index in [4.69, 9.17) is 16.0 Å². The minimum atomic E-state index is 0.0151. The molecule has 3 heterocycles. The minimum absolute atomic E-state index is 0.0151. The summed E-state index contributed by atoms with van der Waals surface area (Å²) in [6.45, 7) is 3.30. The Kier molecular flexibility index (Phi) is 4.09. The number of rotatable bonds is 4. The van der Waals surface area contributed by atoms with Crippen molar-refractivity contribution in [3.8, 4) is 0 Å². The van der Waals surface area contributed by atoms with Gasteiger partial charge in [0.2, 0.25) is 0 Å². The maximum absolute atomic E-state index is 12.4. The first-order valence-corrected chi connectivity index (χ1v) is 8.93. The van der Waals surface area contributed by atoms with Gasteiger partial charge in [0.05, 0.1) is 0 Å². The van der Waals surface area contributed by atoms with Crippen LogP contribution in [0.1, 0.15) is 16.8 Å². The zero-order chi connectivity index (χ0) is 15.8. The lowest BCUT2D eigenvalue weighted by Gasteiger charge is -2.23. The van der Waals surface area contributed by atoms with Crippen LogP contribution in [0.3, 0.4) is 0 Å². The zero-order valence-electron chi connectivity index (χ0n) is 12.5. The molecule has 2 aliphatic rings. The van der Waals surface area contributed by atoms with Crippen LogP contribution in [0.5, 0.6) is 0 Å². The lowest BCUT2D eigenvalue weighted by Crippen LogP contribution is -2.43. The Morgan fingerprint density at radius 1 is 1.22 bits per heavy atom. The van der Waals surface area contributed by atoms with Crippen LogP contribution in [-0.2, 0) is 0 Å². The molecule has 4 nitrogen and oxygen atoms in total. The summed E-state index contributed by atoms with van der Waals surface area (Å²) in [5, 5.41) is 4.29. The summed E-state index contributed by atoms with van der Waals surface area (Å²) in [6.07, 6.45) is 1.20. The number of benzene rings is 1. The van der Waals surface area contributed by atoms with Gasteiger partial charge in [-0.3, -0.25) is 4.79 Å². The van der Waals surface area contributed by atoms with Gasteiger partial charge >= 0.3 is 0 Å². The molecule has 0 aliphatic carbocycles. The summed E-state index contributed by atoms with van der Waals surface area (Å²) in [5.41, 5.74) is 0.699. The second kappa shape index (κ2) is 6.23. The Labute approximate surface area is 144 Å². The quantitative estimate of drug-likeness (QED) is 0.918. The van der Waals surface area contributed by atoms with Crippen LogP contribution in [0, 0.1) is 5.92 Å². The molecule has 2 aliphatic heterocycles. The molecule has 1 amide bonds. The van der Waals surface area contributed by atoms with Gasteiger partial charge < -0.3 is 14.6 Å². The number of nitrogens with one attached hydrogen (secondary N) is 1. The molecule has 2 fully saturated rings.